The molecular weight excluding hydrogens is 218 g/mol. The molecule has 0 saturated carbocycles. The van der Waals surface area contributed by atoms with Crippen LogP contribution in [0, 0.1) is 22.7 Å². The van der Waals surface area contributed by atoms with Crippen LogP contribution in [-0.2, 0) is 4.74 Å². The van der Waals surface area contributed by atoms with Gasteiger partial charge in [0, 0.05) is 20.2 Å². The van der Waals surface area contributed by atoms with Gasteiger partial charge in [0.25, 0.3) is 0 Å². The summed E-state index contributed by atoms with van der Waals surface area (Å²) in [6.07, 6.45) is 0.408. The molecule has 0 aliphatic heterocycles. The minimum Gasteiger partial charge on any atom is -0.383 e. The van der Waals surface area contributed by atoms with E-state index in [1.807, 2.05) is 11.0 Å². The molecule has 0 amide bonds. The molecule has 0 saturated heterocycles. The molecule has 0 aromatic carbocycles. The van der Waals surface area contributed by atoms with Crippen molar-refractivity contribution in [2.24, 2.45) is 0 Å². The topological polar surface area (TPSA) is 85.8 Å². The van der Waals surface area contributed by atoms with E-state index in [0.29, 0.717) is 31.9 Å². The number of aromatic nitrogens is 2. The minimum absolute atomic E-state index is 0.278. The quantitative estimate of drug-likeness (QED) is 0.716. The first-order chi connectivity index (χ1) is 8.31. The van der Waals surface area contributed by atoms with Crippen LogP contribution >= 0.6 is 0 Å². The van der Waals surface area contributed by atoms with Gasteiger partial charge in [-0.2, -0.15) is 10.5 Å². The molecule has 6 heteroatoms. The molecule has 0 atom stereocenters. The van der Waals surface area contributed by atoms with Gasteiger partial charge in [-0.05, 0) is 12.1 Å². The van der Waals surface area contributed by atoms with Gasteiger partial charge in [-0.1, -0.05) is 0 Å². The maximum Gasteiger partial charge on any atom is 0.163 e. The van der Waals surface area contributed by atoms with Crippen LogP contribution in [0.4, 0.5) is 5.82 Å². The van der Waals surface area contributed by atoms with E-state index in [-0.39, 0.29) is 5.69 Å². The molecule has 6 nitrogen and oxygen atoms in total. The Morgan fingerprint density at radius 2 is 2.12 bits per heavy atom. The highest BCUT2D eigenvalue weighted by Gasteiger charge is 2.08. The number of methoxy groups -OCH3 is 1. The lowest BCUT2D eigenvalue weighted by atomic mass is 10.3. The van der Waals surface area contributed by atoms with Crippen molar-refractivity contribution < 1.29 is 4.74 Å². The normalized spacial score (nSPS) is 9.35. The lowest BCUT2D eigenvalue weighted by molar-refractivity contribution is 0.205. The van der Waals surface area contributed by atoms with Crippen LogP contribution in [0.2, 0.25) is 0 Å². The summed E-state index contributed by atoms with van der Waals surface area (Å²) < 4.78 is 4.99. The molecule has 0 radical (unpaired) electrons. The molecule has 0 N–H and O–H groups in total. The summed E-state index contributed by atoms with van der Waals surface area (Å²) in [4.78, 5) is 1.90. The average molecular weight is 231 g/mol. The Hall–Kier alpha value is -2.18. The lowest BCUT2D eigenvalue weighted by Gasteiger charge is -2.21. The summed E-state index contributed by atoms with van der Waals surface area (Å²) in [5.74, 6) is 0.649. The van der Waals surface area contributed by atoms with Crippen molar-refractivity contribution in [3.63, 3.8) is 0 Å². The summed E-state index contributed by atoms with van der Waals surface area (Å²) >= 11 is 0. The number of nitrogens with zero attached hydrogens (tertiary/aromatic N) is 5. The number of hydrogen-bond donors (Lipinski definition) is 0. The van der Waals surface area contributed by atoms with E-state index in [4.69, 9.17) is 15.3 Å². The SMILES string of the molecule is COCCN(CCC#N)c1ccc(C#N)nn1. The maximum atomic E-state index is 8.62. The minimum atomic E-state index is 0.278. The summed E-state index contributed by atoms with van der Waals surface area (Å²) in [6.45, 7) is 1.76. The van der Waals surface area contributed by atoms with Gasteiger partial charge in [0.1, 0.15) is 6.07 Å². The highest BCUT2D eigenvalue weighted by Crippen LogP contribution is 2.09. The maximum absolute atomic E-state index is 8.62. The van der Waals surface area contributed by atoms with Gasteiger partial charge in [-0.25, -0.2) is 0 Å². The van der Waals surface area contributed by atoms with E-state index < -0.39 is 0 Å². The second kappa shape index (κ2) is 7.15. The average Bonchev–Trinajstić information content (AvgIpc) is 2.39. The van der Waals surface area contributed by atoms with Crippen molar-refractivity contribution >= 4 is 5.82 Å². The van der Waals surface area contributed by atoms with Gasteiger partial charge in [0.2, 0.25) is 0 Å². The highest BCUT2D eigenvalue weighted by molar-refractivity contribution is 5.38. The molecule has 17 heavy (non-hydrogen) atoms. The Morgan fingerprint density at radius 3 is 2.65 bits per heavy atom. The standard InChI is InChI=1S/C11H13N5O/c1-17-8-7-16(6-2-5-12)11-4-3-10(9-13)14-15-11/h3-4H,2,6-8H2,1H3. The van der Waals surface area contributed by atoms with E-state index in [1.165, 1.54) is 0 Å². The number of hydrogen-bond acceptors (Lipinski definition) is 6. The molecule has 0 bridgehead atoms. The molecule has 0 spiro atoms. The Balaban J connectivity index is 2.73. The third kappa shape index (κ3) is 4.06. The van der Waals surface area contributed by atoms with Crippen LogP contribution < -0.4 is 4.90 Å². The van der Waals surface area contributed by atoms with E-state index >= 15 is 0 Å². The third-order valence-corrected chi connectivity index (χ3v) is 2.15. The van der Waals surface area contributed by atoms with Crippen molar-refractivity contribution in [1.82, 2.24) is 10.2 Å². The molecule has 1 aromatic heterocycles. The zero-order valence-electron chi connectivity index (χ0n) is 9.63. The van der Waals surface area contributed by atoms with E-state index in [0.717, 1.165) is 0 Å². The van der Waals surface area contributed by atoms with E-state index in [9.17, 15) is 0 Å². The monoisotopic (exact) mass is 231 g/mol. The van der Waals surface area contributed by atoms with Gasteiger partial charge < -0.3 is 9.64 Å². The Labute approximate surface area is 100 Å². The van der Waals surface area contributed by atoms with Gasteiger partial charge in [-0.3, -0.25) is 0 Å². The van der Waals surface area contributed by atoms with Crippen LogP contribution in [0.1, 0.15) is 12.1 Å². The Kier molecular flexibility index (Phi) is 5.42. The van der Waals surface area contributed by atoms with Gasteiger partial charge in [-0.15, -0.1) is 10.2 Å². The number of rotatable bonds is 6. The molecule has 88 valence electrons. The van der Waals surface area contributed by atoms with Crippen molar-refractivity contribution in [1.29, 1.82) is 10.5 Å². The summed E-state index contributed by atoms with van der Waals surface area (Å²) in [6, 6.07) is 7.32. The summed E-state index contributed by atoms with van der Waals surface area (Å²) in [5.41, 5.74) is 0.278. The van der Waals surface area contributed by atoms with Crippen LogP contribution in [0.3, 0.4) is 0 Å². The predicted octanol–water partition coefficient (Wildman–Crippen LogP) is 0.715. The number of nitriles is 2. The van der Waals surface area contributed by atoms with Crippen LogP contribution in [0.25, 0.3) is 0 Å². The van der Waals surface area contributed by atoms with Crippen molar-refractivity contribution in [3.05, 3.63) is 17.8 Å². The molecule has 0 unspecified atom stereocenters. The molecule has 1 heterocycles. The number of ether oxygens (including phenoxy) is 1. The second-order valence-electron chi connectivity index (χ2n) is 3.28. The second-order valence-corrected chi connectivity index (χ2v) is 3.28. The zero-order chi connectivity index (χ0) is 12.5. The van der Waals surface area contributed by atoms with Crippen molar-refractivity contribution in [2.75, 3.05) is 31.7 Å². The molecule has 0 fully saturated rings. The highest BCUT2D eigenvalue weighted by atomic mass is 16.5. The van der Waals surface area contributed by atoms with Crippen LogP contribution in [-0.4, -0.2) is 37.0 Å². The summed E-state index contributed by atoms with van der Waals surface area (Å²) in [7, 11) is 1.62. The molecular formula is C11H13N5O. The molecule has 1 rings (SSSR count). The first-order valence-electron chi connectivity index (χ1n) is 5.16. The molecule has 0 aliphatic carbocycles. The van der Waals surface area contributed by atoms with Gasteiger partial charge in [0.15, 0.2) is 11.5 Å². The zero-order valence-corrected chi connectivity index (χ0v) is 9.63. The largest absolute Gasteiger partial charge is 0.383 e. The molecule has 1 aromatic rings. The smallest absolute Gasteiger partial charge is 0.163 e. The number of anilines is 1. The Morgan fingerprint density at radius 1 is 1.29 bits per heavy atom. The van der Waals surface area contributed by atoms with Crippen molar-refractivity contribution in [2.45, 2.75) is 6.42 Å². The fourth-order valence-electron chi connectivity index (χ4n) is 1.28. The van der Waals surface area contributed by atoms with Gasteiger partial charge >= 0.3 is 0 Å². The van der Waals surface area contributed by atoms with Crippen molar-refractivity contribution in [3.8, 4) is 12.1 Å². The van der Waals surface area contributed by atoms with E-state index in [1.54, 1.807) is 19.2 Å². The first-order valence-corrected chi connectivity index (χ1v) is 5.16. The van der Waals surface area contributed by atoms with Gasteiger partial charge in [0.05, 0.1) is 19.1 Å². The Bertz CT molecular complexity index is 417. The van der Waals surface area contributed by atoms with E-state index in [2.05, 4.69) is 16.3 Å². The summed E-state index contributed by atoms with van der Waals surface area (Å²) in [5, 5.41) is 24.9. The third-order valence-electron chi connectivity index (χ3n) is 2.15. The van der Waals surface area contributed by atoms with Crippen LogP contribution in [0.15, 0.2) is 12.1 Å². The fourth-order valence-corrected chi connectivity index (χ4v) is 1.28. The predicted molar refractivity (Wildman–Crippen MR) is 61.1 cm³/mol. The first kappa shape index (κ1) is 12.9. The molecule has 0 aliphatic rings. The fraction of sp³-hybridized carbons (Fsp3) is 0.455. The van der Waals surface area contributed by atoms with Crippen LogP contribution in [0.5, 0.6) is 0 Å². The lowest BCUT2D eigenvalue weighted by Crippen LogP contribution is -2.29.